The van der Waals surface area contributed by atoms with E-state index in [-0.39, 0.29) is 41.1 Å². The molecule has 2 amide bonds. The predicted octanol–water partition coefficient (Wildman–Crippen LogP) is 4.30. The van der Waals surface area contributed by atoms with Crippen LogP contribution < -0.4 is 10.0 Å². The number of hydrogen-bond acceptors (Lipinski definition) is 7. The van der Waals surface area contributed by atoms with Crippen molar-refractivity contribution >= 4 is 27.8 Å². The van der Waals surface area contributed by atoms with Gasteiger partial charge in [0.2, 0.25) is 0 Å². The van der Waals surface area contributed by atoms with Crippen molar-refractivity contribution in [1.29, 1.82) is 0 Å². The third-order valence-corrected chi connectivity index (χ3v) is 7.40. The van der Waals surface area contributed by atoms with Crippen LogP contribution >= 0.6 is 0 Å². The van der Waals surface area contributed by atoms with Crippen LogP contribution in [-0.2, 0) is 21.2 Å². The number of carbonyl (C=O) groups excluding carboxylic acids is 3. The molecule has 40 heavy (non-hydrogen) atoms. The largest absolute Gasteiger partial charge is 0.461 e. The number of pyridine rings is 1. The topological polar surface area (TPSA) is 132 Å². The summed E-state index contributed by atoms with van der Waals surface area (Å²) in [6.07, 6.45) is 4.60. The molecular weight excluding hydrogens is 537 g/mol. The van der Waals surface area contributed by atoms with Gasteiger partial charge in [-0.1, -0.05) is 38.8 Å². The molecule has 0 aliphatic heterocycles. The number of nitrogens with one attached hydrogen (secondary N) is 2. The normalized spacial score (nSPS) is 11.9. The zero-order valence-corrected chi connectivity index (χ0v) is 23.2. The Morgan fingerprint density at radius 3 is 2.25 bits per heavy atom. The number of amides is 2. The van der Waals surface area contributed by atoms with E-state index in [4.69, 9.17) is 4.74 Å². The number of benzene rings is 2. The van der Waals surface area contributed by atoms with Crippen LogP contribution in [0.3, 0.4) is 0 Å². The molecule has 11 heteroatoms. The van der Waals surface area contributed by atoms with Crippen molar-refractivity contribution in [1.82, 2.24) is 15.0 Å². The number of halogens is 1. The Hall–Kier alpha value is -4.12. The second-order valence-electron chi connectivity index (χ2n) is 9.37. The number of hydrogen-bond donors (Lipinski definition) is 2. The molecular formula is C29H32FN3O6S. The molecule has 3 aromatic rings. The van der Waals surface area contributed by atoms with Gasteiger partial charge >= 0.3 is 5.97 Å². The van der Waals surface area contributed by atoms with Crippen molar-refractivity contribution < 1.29 is 31.9 Å². The Labute approximate surface area is 233 Å². The van der Waals surface area contributed by atoms with Gasteiger partial charge in [0.05, 0.1) is 17.1 Å². The molecule has 0 fully saturated rings. The van der Waals surface area contributed by atoms with Crippen LogP contribution in [0.2, 0.25) is 0 Å². The molecule has 1 atom stereocenters. The Bertz CT molecular complexity index is 1410. The molecule has 1 aromatic heterocycles. The van der Waals surface area contributed by atoms with E-state index in [0.29, 0.717) is 12.0 Å². The van der Waals surface area contributed by atoms with E-state index in [2.05, 4.69) is 17.2 Å². The Morgan fingerprint density at radius 1 is 0.950 bits per heavy atom. The van der Waals surface area contributed by atoms with Gasteiger partial charge in [-0.15, -0.1) is 0 Å². The lowest BCUT2D eigenvalue weighted by Crippen LogP contribution is -2.30. The number of carbonyl (C=O) groups is 3. The third kappa shape index (κ3) is 8.98. The van der Waals surface area contributed by atoms with Gasteiger partial charge in [0, 0.05) is 18.3 Å². The van der Waals surface area contributed by atoms with Crippen LogP contribution in [0.25, 0.3) is 0 Å². The fourth-order valence-corrected chi connectivity index (χ4v) is 4.65. The van der Waals surface area contributed by atoms with Gasteiger partial charge in [0.15, 0.2) is 0 Å². The summed E-state index contributed by atoms with van der Waals surface area (Å²) in [5.41, 5.74) is 1.07. The molecule has 0 aliphatic rings. The first-order chi connectivity index (χ1) is 19.1. The first-order valence-corrected chi connectivity index (χ1v) is 14.4. The number of rotatable bonds is 13. The highest BCUT2D eigenvalue weighted by molar-refractivity contribution is 7.90. The van der Waals surface area contributed by atoms with E-state index in [1.807, 2.05) is 11.6 Å². The molecule has 0 bridgehead atoms. The first kappa shape index (κ1) is 30.4. The highest BCUT2D eigenvalue weighted by atomic mass is 32.2. The fourth-order valence-electron chi connectivity index (χ4n) is 3.68. The number of sulfonamides is 1. The maximum atomic E-state index is 13.0. The van der Waals surface area contributed by atoms with Crippen molar-refractivity contribution in [3.8, 4) is 0 Å². The molecule has 9 nitrogen and oxygen atoms in total. The highest BCUT2D eigenvalue weighted by Gasteiger charge is 2.20. The average Bonchev–Trinajstić information content (AvgIpc) is 2.95. The van der Waals surface area contributed by atoms with Crippen LogP contribution in [0.4, 0.5) is 4.39 Å². The molecule has 3 rings (SSSR count). The van der Waals surface area contributed by atoms with Crippen molar-refractivity contribution in [3.05, 3.63) is 95.1 Å². The summed E-state index contributed by atoms with van der Waals surface area (Å²) < 4.78 is 45.6. The molecule has 0 saturated heterocycles. The van der Waals surface area contributed by atoms with Gasteiger partial charge in [-0.05, 0) is 72.9 Å². The van der Waals surface area contributed by atoms with E-state index < -0.39 is 27.7 Å². The number of ether oxygens (including phenoxy) is 1. The summed E-state index contributed by atoms with van der Waals surface area (Å²) in [5, 5.41) is 2.71. The lowest BCUT2D eigenvalue weighted by Gasteiger charge is -2.11. The number of aromatic nitrogens is 1. The third-order valence-electron chi connectivity index (χ3n) is 6.05. The van der Waals surface area contributed by atoms with Gasteiger partial charge < -0.3 is 10.1 Å². The van der Waals surface area contributed by atoms with Gasteiger partial charge in [-0.25, -0.2) is 27.3 Å². The lowest BCUT2D eigenvalue weighted by molar-refractivity contribution is 0.0435. The number of nitrogens with zero attached hydrogens (tertiary/aromatic N) is 1. The summed E-state index contributed by atoms with van der Waals surface area (Å²) in [4.78, 5) is 40.7. The summed E-state index contributed by atoms with van der Waals surface area (Å²) in [6.45, 7) is 4.64. The van der Waals surface area contributed by atoms with Crippen molar-refractivity contribution in [3.63, 3.8) is 0 Å². The molecule has 0 radical (unpaired) electrons. The zero-order chi connectivity index (χ0) is 29.1. The summed E-state index contributed by atoms with van der Waals surface area (Å²) in [7, 11) is -4.17. The highest BCUT2D eigenvalue weighted by Crippen LogP contribution is 2.13. The van der Waals surface area contributed by atoms with Crippen molar-refractivity contribution in [2.75, 3.05) is 13.2 Å². The van der Waals surface area contributed by atoms with E-state index in [1.54, 1.807) is 12.1 Å². The van der Waals surface area contributed by atoms with Gasteiger partial charge in [0.25, 0.3) is 21.8 Å². The maximum Gasteiger partial charge on any atom is 0.356 e. The van der Waals surface area contributed by atoms with E-state index in [0.717, 1.165) is 31.0 Å². The quantitative estimate of drug-likeness (QED) is 0.294. The number of unbranched alkanes of at least 4 members (excludes halogenated alkanes) is 1. The molecule has 2 aromatic carbocycles. The zero-order valence-electron chi connectivity index (χ0n) is 22.4. The lowest BCUT2D eigenvalue weighted by atomic mass is 10.1. The Morgan fingerprint density at radius 2 is 1.62 bits per heavy atom. The standard InChI is InChI=1S/C29H32FN3O6S/c1-3-4-5-20(2)19-39-29(36)26-15-10-23(18-32-26)28(35)33-40(37,38)25-13-6-21(7-14-25)16-17-31-27(34)22-8-11-24(30)12-9-22/h6-15,18,20H,3-5,16-17,19H2,1-2H3,(H,31,34)(H,33,35). The van der Waals surface area contributed by atoms with Crippen LogP contribution in [0, 0.1) is 11.7 Å². The smallest absolute Gasteiger partial charge is 0.356 e. The minimum Gasteiger partial charge on any atom is -0.461 e. The van der Waals surface area contributed by atoms with Gasteiger partial charge in [-0.3, -0.25) is 9.59 Å². The molecule has 1 heterocycles. The van der Waals surface area contributed by atoms with E-state index >= 15 is 0 Å². The monoisotopic (exact) mass is 569 g/mol. The number of esters is 1. The summed E-state index contributed by atoms with van der Waals surface area (Å²) >= 11 is 0. The molecule has 0 spiro atoms. The molecule has 1 unspecified atom stereocenters. The summed E-state index contributed by atoms with van der Waals surface area (Å²) in [5.74, 6) is -2.07. The Kier molecular flexibility index (Phi) is 10.9. The molecule has 212 valence electrons. The van der Waals surface area contributed by atoms with Crippen molar-refractivity contribution in [2.45, 2.75) is 44.4 Å². The SMILES string of the molecule is CCCCC(C)COC(=O)c1ccc(C(=O)NS(=O)(=O)c2ccc(CCNC(=O)c3ccc(F)cc3)cc2)cn1. The fraction of sp³-hybridized carbons (Fsp3) is 0.310. The maximum absolute atomic E-state index is 13.0. The average molecular weight is 570 g/mol. The van der Waals surface area contributed by atoms with Crippen molar-refractivity contribution in [2.24, 2.45) is 5.92 Å². The van der Waals surface area contributed by atoms with E-state index in [1.165, 1.54) is 48.5 Å². The van der Waals surface area contributed by atoms with Gasteiger partial charge in [-0.2, -0.15) is 0 Å². The van der Waals surface area contributed by atoms with Crippen LogP contribution in [0.15, 0.2) is 71.8 Å². The van der Waals surface area contributed by atoms with Gasteiger partial charge in [0.1, 0.15) is 11.5 Å². The minimum atomic E-state index is -4.17. The van der Waals surface area contributed by atoms with E-state index in [9.17, 15) is 27.2 Å². The minimum absolute atomic E-state index is 0.0199. The van der Waals surface area contributed by atoms with Crippen LogP contribution in [-0.4, -0.2) is 44.3 Å². The Balaban J connectivity index is 1.50. The predicted molar refractivity (Wildman–Crippen MR) is 147 cm³/mol. The molecule has 0 saturated carbocycles. The summed E-state index contributed by atoms with van der Waals surface area (Å²) in [6, 6.07) is 13.6. The van der Waals surface area contributed by atoms with Crippen LogP contribution in [0.5, 0.6) is 0 Å². The molecule has 0 aliphatic carbocycles. The molecule has 2 N–H and O–H groups in total. The first-order valence-electron chi connectivity index (χ1n) is 12.9. The van der Waals surface area contributed by atoms with Crippen LogP contribution in [0.1, 0.15) is 69.9 Å². The second-order valence-corrected chi connectivity index (χ2v) is 11.1. The second kappa shape index (κ2) is 14.3.